The van der Waals surface area contributed by atoms with E-state index >= 15 is 0 Å². The van der Waals surface area contributed by atoms with Gasteiger partial charge in [-0.05, 0) is 0 Å². The van der Waals surface area contributed by atoms with Crippen molar-refractivity contribution in [2.45, 2.75) is 0 Å². The van der Waals surface area contributed by atoms with Crippen molar-refractivity contribution in [2.24, 2.45) is 0 Å². The molecule has 0 aliphatic rings. The summed E-state index contributed by atoms with van der Waals surface area (Å²) >= 11 is 12.9. The van der Waals surface area contributed by atoms with E-state index in [9.17, 15) is 0 Å². The van der Waals surface area contributed by atoms with E-state index in [4.69, 9.17) is 22.5 Å². The van der Waals surface area contributed by atoms with Crippen LogP contribution in [0.4, 0.5) is 0 Å². The molecular weight excluding hydrogens is 352 g/mol. The average Bonchev–Trinajstić information content (AvgIpc) is 2.31. The Kier molecular flexibility index (Phi) is 5.45. The van der Waals surface area contributed by atoms with Crippen LogP contribution in [0.25, 0.3) is 0 Å². The molecular formula is C12H10Cl2PPd. The maximum atomic E-state index is 6.46. The van der Waals surface area contributed by atoms with Crippen molar-refractivity contribution in [1.82, 2.24) is 0 Å². The Morgan fingerprint density at radius 1 is 0.625 bits per heavy atom. The van der Waals surface area contributed by atoms with Crippen LogP contribution in [0.15, 0.2) is 60.7 Å². The molecule has 0 heterocycles. The van der Waals surface area contributed by atoms with Crippen LogP contribution in [0, 0.1) is 0 Å². The molecule has 0 aromatic heterocycles. The van der Waals surface area contributed by atoms with Crippen molar-refractivity contribution in [3.8, 4) is 0 Å². The Hall–Kier alpha value is 0.112. The van der Waals surface area contributed by atoms with Gasteiger partial charge in [0.05, 0.1) is 5.97 Å². The van der Waals surface area contributed by atoms with Crippen LogP contribution in [0.3, 0.4) is 0 Å². The van der Waals surface area contributed by atoms with E-state index in [-0.39, 0.29) is 20.4 Å². The number of rotatable bonds is 2. The summed E-state index contributed by atoms with van der Waals surface area (Å²) in [5, 5.41) is 2.00. The Labute approximate surface area is 120 Å². The van der Waals surface area contributed by atoms with Crippen molar-refractivity contribution in [1.29, 1.82) is 0 Å². The van der Waals surface area contributed by atoms with Crippen LogP contribution in [0.1, 0.15) is 0 Å². The van der Waals surface area contributed by atoms with Gasteiger partial charge in [-0.1, -0.05) is 83.1 Å². The zero-order valence-corrected chi connectivity index (χ0v) is 12.3. The molecule has 0 bridgehead atoms. The van der Waals surface area contributed by atoms with Gasteiger partial charge in [-0.15, -0.1) is 0 Å². The van der Waals surface area contributed by atoms with Crippen molar-refractivity contribution in [3.05, 3.63) is 60.7 Å². The molecule has 0 atom stereocenters. The summed E-state index contributed by atoms with van der Waals surface area (Å²) in [5.41, 5.74) is 0. The topological polar surface area (TPSA) is 0 Å². The molecule has 2 aromatic carbocycles. The average molecular weight is 363 g/mol. The molecule has 0 saturated carbocycles. The smallest absolute Gasteiger partial charge is 0.0749 e. The quantitative estimate of drug-likeness (QED) is 0.560. The summed E-state index contributed by atoms with van der Waals surface area (Å²) in [4.78, 5) is 0. The van der Waals surface area contributed by atoms with Crippen molar-refractivity contribution >= 4 is 39.1 Å². The second-order valence-electron chi connectivity index (χ2n) is 3.18. The Morgan fingerprint density at radius 2 is 0.938 bits per heavy atom. The number of hydrogen-bond acceptors (Lipinski definition) is 0. The van der Waals surface area contributed by atoms with Crippen LogP contribution in [0.2, 0.25) is 0 Å². The van der Waals surface area contributed by atoms with E-state index in [0.29, 0.717) is 0 Å². The minimum Gasteiger partial charge on any atom is -0.0749 e. The first-order valence-electron chi connectivity index (χ1n) is 4.61. The number of benzene rings is 2. The van der Waals surface area contributed by atoms with Gasteiger partial charge in [-0.2, -0.15) is 0 Å². The third kappa shape index (κ3) is 3.07. The van der Waals surface area contributed by atoms with Gasteiger partial charge in [0.1, 0.15) is 0 Å². The molecule has 0 nitrogen and oxygen atoms in total. The third-order valence-electron chi connectivity index (χ3n) is 2.16. The SMILES string of the molecule is Cl[P](Cl)(c1ccccc1)c1ccccc1.[Pd]. The monoisotopic (exact) mass is 361 g/mol. The molecule has 0 aliphatic carbocycles. The minimum atomic E-state index is -2.20. The van der Waals surface area contributed by atoms with Gasteiger partial charge >= 0.3 is 0 Å². The van der Waals surface area contributed by atoms with Gasteiger partial charge in [0.2, 0.25) is 0 Å². The fourth-order valence-corrected chi connectivity index (χ4v) is 4.12. The molecule has 0 saturated heterocycles. The molecule has 2 rings (SSSR count). The van der Waals surface area contributed by atoms with Gasteiger partial charge in [-0.3, -0.25) is 0 Å². The molecule has 0 N–H and O–H groups in total. The standard InChI is InChI=1S/C12H10Cl2P.Pd/c13-15(14,11-7-3-1-4-8-11)12-9-5-2-6-10-12;/h1-10H;. The third-order valence-corrected chi connectivity index (χ3v) is 6.40. The molecule has 16 heavy (non-hydrogen) atoms. The zero-order chi connectivity index (χ0) is 10.7. The molecule has 4 heteroatoms. The predicted octanol–water partition coefficient (Wildman–Crippen LogP) is 3.96. The zero-order valence-electron chi connectivity index (χ0n) is 8.29. The molecule has 2 aromatic rings. The molecule has 0 amide bonds. The van der Waals surface area contributed by atoms with Crippen molar-refractivity contribution in [2.75, 3.05) is 0 Å². The second kappa shape index (κ2) is 6.16. The fourth-order valence-electron chi connectivity index (χ4n) is 1.38. The maximum absolute atomic E-state index is 6.46. The molecule has 1 radical (unpaired) electrons. The summed E-state index contributed by atoms with van der Waals surface area (Å²) < 4.78 is 0. The van der Waals surface area contributed by atoms with Gasteiger partial charge in [0.15, 0.2) is 0 Å². The van der Waals surface area contributed by atoms with E-state index in [2.05, 4.69) is 0 Å². The molecule has 0 spiro atoms. The predicted molar refractivity (Wildman–Crippen MR) is 70.8 cm³/mol. The van der Waals surface area contributed by atoms with E-state index in [1.54, 1.807) is 0 Å². The molecule has 87 valence electrons. The molecule has 0 unspecified atom stereocenters. The van der Waals surface area contributed by atoms with Gasteiger partial charge in [0.25, 0.3) is 0 Å². The summed E-state index contributed by atoms with van der Waals surface area (Å²) in [6.45, 7) is 0. The van der Waals surface area contributed by atoms with Gasteiger partial charge in [0, 0.05) is 31.0 Å². The Balaban J connectivity index is 0.00000128. The van der Waals surface area contributed by atoms with Crippen LogP contribution in [0.5, 0.6) is 0 Å². The van der Waals surface area contributed by atoms with Gasteiger partial charge in [-0.25, -0.2) is 0 Å². The van der Waals surface area contributed by atoms with Crippen molar-refractivity contribution < 1.29 is 20.4 Å². The summed E-state index contributed by atoms with van der Waals surface area (Å²) in [5.74, 6) is -2.20. The normalized spacial score (nSPS) is 10.6. The van der Waals surface area contributed by atoms with E-state index in [1.807, 2.05) is 60.7 Å². The molecule has 0 aliphatic heterocycles. The minimum absolute atomic E-state index is 0. The number of halogens is 2. The second-order valence-corrected chi connectivity index (χ2v) is 8.81. The van der Waals surface area contributed by atoms with E-state index in [0.717, 1.165) is 10.6 Å². The van der Waals surface area contributed by atoms with E-state index in [1.165, 1.54) is 0 Å². The Bertz CT molecular complexity index is 390. The van der Waals surface area contributed by atoms with Crippen LogP contribution in [-0.4, -0.2) is 0 Å². The van der Waals surface area contributed by atoms with Crippen LogP contribution < -0.4 is 10.6 Å². The molecule has 0 fully saturated rings. The van der Waals surface area contributed by atoms with Crippen LogP contribution in [-0.2, 0) is 20.4 Å². The summed E-state index contributed by atoms with van der Waals surface area (Å²) in [6.07, 6.45) is 0. The summed E-state index contributed by atoms with van der Waals surface area (Å²) in [6, 6.07) is 19.6. The first-order valence-corrected chi connectivity index (χ1v) is 8.21. The maximum Gasteiger partial charge on any atom is 0.0958 e. The largest absolute Gasteiger partial charge is 0.0958 e. The fraction of sp³-hybridized carbons (Fsp3) is 0. The first-order chi connectivity index (χ1) is 7.21. The number of hydrogen-bond donors (Lipinski definition) is 0. The van der Waals surface area contributed by atoms with Crippen LogP contribution >= 0.6 is 28.4 Å². The Morgan fingerprint density at radius 3 is 1.25 bits per heavy atom. The van der Waals surface area contributed by atoms with E-state index < -0.39 is 5.97 Å². The van der Waals surface area contributed by atoms with Gasteiger partial charge < -0.3 is 0 Å². The van der Waals surface area contributed by atoms with Crippen molar-refractivity contribution in [3.63, 3.8) is 0 Å². The first kappa shape index (κ1) is 14.2. The summed E-state index contributed by atoms with van der Waals surface area (Å²) in [7, 11) is 0.